The first kappa shape index (κ1) is 21.4. The van der Waals surface area contributed by atoms with Gasteiger partial charge in [-0.25, -0.2) is 0 Å². The van der Waals surface area contributed by atoms with Crippen molar-refractivity contribution in [2.75, 3.05) is 13.1 Å². The van der Waals surface area contributed by atoms with Crippen molar-refractivity contribution >= 4 is 27.8 Å². The van der Waals surface area contributed by atoms with Crippen molar-refractivity contribution in [2.24, 2.45) is 5.92 Å². The van der Waals surface area contributed by atoms with Crippen molar-refractivity contribution in [3.05, 3.63) is 97.6 Å². The van der Waals surface area contributed by atoms with Crippen LogP contribution in [0.15, 0.2) is 69.6 Å². The van der Waals surface area contributed by atoms with Crippen LogP contribution in [0.1, 0.15) is 39.5 Å². The smallest absolute Gasteiger partial charge is 0.250 e. The minimum atomic E-state index is -0.184. The molecule has 0 amide bonds. The lowest BCUT2D eigenvalue weighted by atomic mass is 9.83. The Bertz CT molecular complexity index is 1410. The summed E-state index contributed by atoms with van der Waals surface area (Å²) in [4.78, 5) is 27.7. The monoisotopic (exact) mass is 518 g/mol. The summed E-state index contributed by atoms with van der Waals surface area (Å²) in [6, 6.07) is 16.4. The Kier molecular flexibility index (Phi) is 5.19. The molecule has 2 bridgehead atoms. The molecule has 172 valence electrons. The van der Waals surface area contributed by atoms with Gasteiger partial charge in [0.15, 0.2) is 5.76 Å². The van der Waals surface area contributed by atoms with Gasteiger partial charge in [0.1, 0.15) is 11.5 Å². The van der Waals surface area contributed by atoms with Crippen LogP contribution in [-0.2, 0) is 13.1 Å². The van der Waals surface area contributed by atoms with E-state index in [1.165, 1.54) is 0 Å². The molecular formula is C27H23BrN2O4. The molecule has 1 fully saturated rings. The molecule has 3 aliphatic rings. The van der Waals surface area contributed by atoms with Crippen LogP contribution in [0.2, 0.25) is 0 Å². The van der Waals surface area contributed by atoms with E-state index in [2.05, 4.69) is 20.8 Å². The number of hydrogen-bond donors (Lipinski definition) is 1. The SMILES string of the molecule is O=C1/C(=C/c2ccccc2Br)Oc2c1ccc(O)c2CN1C[C@H]2C[C@@H](C1)c1cccc(=O)n1C2. The molecule has 4 heterocycles. The molecule has 0 aliphatic carbocycles. The zero-order valence-corrected chi connectivity index (χ0v) is 20.0. The number of pyridine rings is 1. The van der Waals surface area contributed by atoms with E-state index in [0.717, 1.165) is 35.2 Å². The second-order valence-electron chi connectivity index (χ2n) is 9.29. The first-order valence-corrected chi connectivity index (χ1v) is 12.2. The minimum Gasteiger partial charge on any atom is -0.507 e. The Morgan fingerprint density at radius 3 is 2.74 bits per heavy atom. The van der Waals surface area contributed by atoms with Crippen molar-refractivity contribution in [1.82, 2.24) is 9.47 Å². The van der Waals surface area contributed by atoms with E-state index < -0.39 is 0 Å². The third-order valence-corrected chi connectivity index (χ3v) is 7.77. The molecule has 0 saturated carbocycles. The number of nitrogens with zero attached hydrogens (tertiary/aromatic N) is 2. The highest BCUT2D eigenvalue weighted by Crippen LogP contribution is 2.42. The van der Waals surface area contributed by atoms with Gasteiger partial charge >= 0.3 is 0 Å². The van der Waals surface area contributed by atoms with E-state index in [1.54, 1.807) is 24.3 Å². The molecule has 0 radical (unpaired) electrons. The van der Waals surface area contributed by atoms with Crippen LogP contribution in [-0.4, -0.2) is 33.4 Å². The Labute approximate surface area is 205 Å². The largest absolute Gasteiger partial charge is 0.507 e. The van der Waals surface area contributed by atoms with Crippen LogP contribution < -0.4 is 10.3 Å². The van der Waals surface area contributed by atoms with Crippen LogP contribution in [0, 0.1) is 5.92 Å². The topological polar surface area (TPSA) is 71.8 Å². The van der Waals surface area contributed by atoms with E-state index in [-0.39, 0.29) is 28.8 Å². The third kappa shape index (κ3) is 3.60. The van der Waals surface area contributed by atoms with Gasteiger partial charge in [0.2, 0.25) is 5.78 Å². The van der Waals surface area contributed by atoms with E-state index in [9.17, 15) is 14.7 Å². The van der Waals surface area contributed by atoms with Gasteiger partial charge in [0, 0.05) is 48.3 Å². The standard InChI is InChI=1S/C27H23BrN2O4/c28-21-5-2-1-4-17(21)11-24-26(33)19-8-9-23(31)20(27(19)34-24)15-29-12-16-10-18(14-29)22-6-3-7-25(32)30(22)13-16/h1-9,11,16,18,31H,10,12-15H2/b24-11-/t16-,18+/m1/s1. The van der Waals surface area contributed by atoms with Crippen molar-refractivity contribution in [1.29, 1.82) is 0 Å². The molecule has 7 heteroatoms. The average molecular weight is 519 g/mol. The van der Waals surface area contributed by atoms with Crippen molar-refractivity contribution in [3.63, 3.8) is 0 Å². The van der Waals surface area contributed by atoms with Crippen LogP contribution in [0.4, 0.5) is 0 Å². The fourth-order valence-corrected chi connectivity index (χ4v) is 5.93. The highest BCUT2D eigenvalue weighted by molar-refractivity contribution is 9.10. The van der Waals surface area contributed by atoms with Crippen LogP contribution in [0.3, 0.4) is 0 Å². The van der Waals surface area contributed by atoms with Crippen LogP contribution in [0.5, 0.6) is 11.5 Å². The average Bonchev–Trinajstić information content (AvgIpc) is 3.13. The molecule has 1 saturated heterocycles. The summed E-state index contributed by atoms with van der Waals surface area (Å²) in [5.41, 5.74) is 3.10. The number of ketones is 1. The van der Waals surface area contributed by atoms with Gasteiger partial charge in [0.05, 0.1) is 11.1 Å². The molecule has 3 aromatic rings. The molecule has 2 atom stereocenters. The number of likely N-dealkylation sites (tertiary alicyclic amines) is 1. The first-order valence-electron chi connectivity index (χ1n) is 11.4. The third-order valence-electron chi connectivity index (χ3n) is 7.05. The van der Waals surface area contributed by atoms with Crippen LogP contribution in [0.25, 0.3) is 6.08 Å². The Balaban J connectivity index is 1.29. The maximum absolute atomic E-state index is 13.1. The van der Waals surface area contributed by atoms with Gasteiger partial charge < -0.3 is 14.4 Å². The van der Waals surface area contributed by atoms with Gasteiger partial charge in [0.25, 0.3) is 5.56 Å². The minimum absolute atomic E-state index is 0.0652. The number of phenolic OH excluding ortho intramolecular Hbond substituents is 1. The zero-order chi connectivity index (χ0) is 23.4. The predicted molar refractivity (Wildman–Crippen MR) is 132 cm³/mol. The highest BCUT2D eigenvalue weighted by Gasteiger charge is 2.36. The van der Waals surface area contributed by atoms with Gasteiger partial charge in [-0.3, -0.25) is 14.5 Å². The number of piperidine rings is 1. The Hall–Kier alpha value is -3.16. The molecule has 34 heavy (non-hydrogen) atoms. The number of benzene rings is 2. The number of carbonyl (C=O) groups is 1. The van der Waals surface area contributed by atoms with E-state index in [1.807, 2.05) is 41.0 Å². The number of hydrogen-bond acceptors (Lipinski definition) is 5. The summed E-state index contributed by atoms with van der Waals surface area (Å²) in [5, 5.41) is 10.7. The molecule has 6 nitrogen and oxygen atoms in total. The fourth-order valence-electron chi connectivity index (χ4n) is 5.53. The number of ether oxygens (including phenoxy) is 1. The van der Waals surface area contributed by atoms with Gasteiger partial charge in [-0.15, -0.1) is 0 Å². The molecule has 0 unspecified atom stereocenters. The number of aromatic nitrogens is 1. The number of rotatable bonds is 3. The fraction of sp³-hybridized carbons (Fsp3) is 0.259. The Morgan fingerprint density at radius 1 is 1.03 bits per heavy atom. The number of aromatic hydroxyl groups is 1. The number of phenols is 1. The quantitative estimate of drug-likeness (QED) is 0.515. The molecule has 0 spiro atoms. The molecule has 2 aromatic carbocycles. The molecule has 3 aliphatic heterocycles. The van der Waals surface area contributed by atoms with Crippen molar-refractivity contribution in [3.8, 4) is 11.5 Å². The van der Waals surface area contributed by atoms with Crippen molar-refractivity contribution < 1.29 is 14.6 Å². The molecular weight excluding hydrogens is 496 g/mol. The maximum Gasteiger partial charge on any atom is 0.250 e. The number of halogens is 1. The summed E-state index contributed by atoms with van der Waals surface area (Å²) >= 11 is 3.51. The lowest BCUT2D eigenvalue weighted by Gasteiger charge is -2.42. The second kappa shape index (κ2) is 8.25. The normalized spacial score (nSPS) is 22.4. The highest BCUT2D eigenvalue weighted by atomic mass is 79.9. The summed E-state index contributed by atoms with van der Waals surface area (Å²) < 4.78 is 8.84. The number of Topliss-reactive ketones (excluding diaryl/α,β-unsaturated/α-hetero) is 1. The first-order chi connectivity index (χ1) is 16.5. The van der Waals surface area contributed by atoms with E-state index in [0.29, 0.717) is 35.9 Å². The molecule has 1 aromatic heterocycles. The Morgan fingerprint density at radius 2 is 1.88 bits per heavy atom. The van der Waals surface area contributed by atoms with Gasteiger partial charge in [-0.1, -0.05) is 40.2 Å². The second-order valence-corrected chi connectivity index (χ2v) is 10.1. The van der Waals surface area contributed by atoms with Gasteiger partial charge in [-0.2, -0.15) is 0 Å². The van der Waals surface area contributed by atoms with E-state index >= 15 is 0 Å². The summed E-state index contributed by atoms with van der Waals surface area (Å²) in [6.45, 7) is 2.81. The lowest BCUT2D eigenvalue weighted by Crippen LogP contribution is -2.46. The molecule has 6 rings (SSSR count). The van der Waals surface area contributed by atoms with Gasteiger partial charge in [-0.05, 0) is 48.2 Å². The lowest BCUT2D eigenvalue weighted by molar-refractivity contribution is 0.101. The van der Waals surface area contributed by atoms with Crippen LogP contribution >= 0.6 is 15.9 Å². The number of carbonyl (C=O) groups excluding carboxylic acids is 1. The predicted octanol–water partition coefficient (Wildman–Crippen LogP) is 4.55. The maximum atomic E-state index is 13.1. The van der Waals surface area contributed by atoms with Crippen molar-refractivity contribution in [2.45, 2.75) is 25.4 Å². The summed E-state index contributed by atoms with van der Waals surface area (Å²) in [6.07, 6.45) is 2.79. The zero-order valence-electron chi connectivity index (χ0n) is 18.4. The number of fused-ring (bicyclic) bond motifs is 5. The summed E-state index contributed by atoms with van der Waals surface area (Å²) in [7, 11) is 0. The summed E-state index contributed by atoms with van der Waals surface area (Å²) in [5.74, 6) is 1.28. The van der Waals surface area contributed by atoms with E-state index in [4.69, 9.17) is 4.74 Å². The molecule has 1 N–H and O–H groups in total. The number of allylic oxidation sites excluding steroid dienone is 1.